The van der Waals surface area contributed by atoms with Crippen molar-refractivity contribution in [1.29, 1.82) is 0 Å². The van der Waals surface area contributed by atoms with E-state index >= 15 is 0 Å². The van der Waals surface area contributed by atoms with Crippen molar-refractivity contribution in [3.63, 3.8) is 0 Å². The number of nitrogens with zero attached hydrogens (tertiary/aromatic N) is 3. The number of fused-ring (bicyclic) bond motifs is 2. The third-order valence-corrected chi connectivity index (χ3v) is 4.53. The normalized spacial score (nSPS) is 11.5. The van der Waals surface area contributed by atoms with E-state index in [0.29, 0.717) is 16.6 Å². The van der Waals surface area contributed by atoms with E-state index in [9.17, 15) is 23.5 Å². The van der Waals surface area contributed by atoms with Crippen molar-refractivity contribution in [3.05, 3.63) is 52.3 Å². The number of H-pyrrole nitrogens is 2. The van der Waals surface area contributed by atoms with Gasteiger partial charge in [-0.3, -0.25) is 4.79 Å². The van der Waals surface area contributed by atoms with Crippen LogP contribution in [0.1, 0.15) is 13.8 Å². The number of hydrogen-bond acceptors (Lipinski definition) is 4. The molecule has 0 fully saturated rings. The van der Waals surface area contributed by atoms with Crippen molar-refractivity contribution in [2.45, 2.75) is 19.9 Å². The molecule has 1 amide bonds. The van der Waals surface area contributed by atoms with Crippen LogP contribution in [0.5, 0.6) is 0 Å². The van der Waals surface area contributed by atoms with Crippen LogP contribution in [-0.2, 0) is 0 Å². The van der Waals surface area contributed by atoms with Gasteiger partial charge in [-0.25, -0.2) is 28.6 Å². The Morgan fingerprint density at radius 3 is 2.48 bits per heavy atom. The first kappa shape index (κ1) is 18.5. The molecule has 0 saturated carbocycles. The molecule has 3 N–H and O–H groups in total. The number of hydrogen-bond donors (Lipinski definition) is 3. The number of carboxylic acid groups (broad SMARTS) is 1. The van der Waals surface area contributed by atoms with Gasteiger partial charge in [-0.2, -0.15) is 5.10 Å². The molecule has 8 nitrogen and oxygen atoms in total. The largest absolute Gasteiger partial charge is 0.465 e. The number of aromatic amines is 2. The zero-order valence-electron chi connectivity index (χ0n) is 15.3. The summed E-state index contributed by atoms with van der Waals surface area (Å²) in [5.74, 6) is -1.50. The topological polar surface area (TPSA) is 115 Å². The van der Waals surface area contributed by atoms with Gasteiger partial charge >= 0.3 is 6.09 Å². The molecule has 0 aliphatic heterocycles. The number of carbonyl (C=O) groups is 1. The first-order valence-electron chi connectivity index (χ1n) is 8.66. The Labute approximate surface area is 161 Å². The average molecular weight is 399 g/mol. The van der Waals surface area contributed by atoms with Gasteiger partial charge in [-0.1, -0.05) is 6.07 Å². The molecule has 10 heteroatoms. The molecule has 148 valence electrons. The van der Waals surface area contributed by atoms with E-state index in [1.165, 1.54) is 0 Å². The van der Waals surface area contributed by atoms with E-state index < -0.39 is 28.7 Å². The van der Waals surface area contributed by atoms with Crippen LogP contribution in [0.4, 0.5) is 19.5 Å². The van der Waals surface area contributed by atoms with Crippen molar-refractivity contribution in [2.75, 3.05) is 4.90 Å². The summed E-state index contributed by atoms with van der Waals surface area (Å²) >= 11 is 0. The number of rotatable bonds is 3. The summed E-state index contributed by atoms with van der Waals surface area (Å²) in [5, 5.41) is 14.8. The molecular formula is C19H15F2N5O3. The maximum Gasteiger partial charge on any atom is 0.414 e. The standard InChI is InChI=1S/C19H15F2N5O3/c1-8(2)26(19(28)29)18-22-12-6-3-9(7-13(12)23-18)16-14-10(20)4-5-11(21)15(14)17(27)25-24-16/h3-8H,1-2H3,(H,22,23)(H,25,27)(H,28,29). The maximum atomic E-state index is 14.4. The van der Waals surface area contributed by atoms with E-state index in [2.05, 4.69) is 20.2 Å². The Kier molecular flexibility index (Phi) is 4.26. The summed E-state index contributed by atoms with van der Waals surface area (Å²) in [7, 11) is 0. The van der Waals surface area contributed by atoms with E-state index in [1.54, 1.807) is 32.0 Å². The zero-order valence-corrected chi connectivity index (χ0v) is 15.3. The molecule has 0 aliphatic rings. The smallest absolute Gasteiger partial charge is 0.414 e. The second kappa shape index (κ2) is 6.66. The second-order valence-corrected chi connectivity index (χ2v) is 6.72. The van der Waals surface area contributed by atoms with Crippen molar-refractivity contribution in [1.82, 2.24) is 20.2 Å². The molecule has 0 bridgehead atoms. The van der Waals surface area contributed by atoms with Crippen LogP contribution in [0, 0.1) is 11.6 Å². The van der Waals surface area contributed by atoms with E-state index in [4.69, 9.17) is 0 Å². The highest BCUT2D eigenvalue weighted by Crippen LogP contribution is 2.30. The zero-order chi connectivity index (χ0) is 20.9. The van der Waals surface area contributed by atoms with Crippen LogP contribution in [0.3, 0.4) is 0 Å². The third kappa shape index (κ3) is 2.98. The fourth-order valence-corrected chi connectivity index (χ4v) is 3.25. The molecular weight excluding hydrogens is 384 g/mol. The Bertz CT molecular complexity index is 1330. The van der Waals surface area contributed by atoms with Gasteiger partial charge < -0.3 is 10.1 Å². The lowest BCUT2D eigenvalue weighted by molar-refractivity contribution is 0.199. The molecule has 0 unspecified atom stereocenters. The van der Waals surface area contributed by atoms with Gasteiger partial charge in [0.15, 0.2) is 0 Å². The number of halogens is 2. The summed E-state index contributed by atoms with van der Waals surface area (Å²) in [6.45, 7) is 3.42. The number of nitrogens with one attached hydrogen (secondary N) is 2. The minimum Gasteiger partial charge on any atom is -0.465 e. The summed E-state index contributed by atoms with van der Waals surface area (Å²) in [6.07, 6.45) is -1.16. The predicted octanol–water partition coefficient (Wildman–Crippen LogP) is 3.64. The number of aromatic nitrogens is 4. The highest BCUT2D eigenvalue weighted by Gasteiger charge is 2.22. The molecule has 29 heavy (non-hydrogen) atoms. The summed E-state index contributed by atoms with van der Waals surface area (Å²) in [5.41, 5.74) is 0.566. The lowest BCUT2D eigenvalue weighted by atomic mass is 10.0. The molecule has 0 aliphatic carbocycles. The van der Waals surface area contributed by atoms with Crippen molar-refractivity contribution < 1.29 is 18.7 Å². The Balaban J connectivity index is 1.92. The highest BCUT2D eigenvalue weighted by molar-refractivity contribution is 5.97. The van der Waals surface area contributed by atoms with Crippen LogP contribution >= 0.6 is 0 Å². The van der Waals surface area contributed by atoms with E-state index in [-0.39, 0.29) is 23.1 Å². The molecule has 2 heterocycles. The van der Waals surface area contributed by atoms with Gasteiger partial charge in [0, 0.05) is 11.6 Å². The van der Waals surface area contributed by atoms with Crippen molar-refractivity contribution >= 4 is 33.8 Å². The second-order valence-electron chi connectivity index (χ2n) is 6.72. The average Bonchev–Trinajstić information content (AvgIpc) is 3.06. The van der Waals surface area contributed by atoms with Crippen LogP contribution in [0.15, 0.2) is 35.1 Å². The maximum absolute atomic E-state index is 14.4. The van der Waals surface area contributed by atoms with Crippen molar-refractivity contribution in [3.8, 4) is 11.3 Å². The SMILES string of the molecule is CC(C)N(C(=O)O)c1nc2ccc(-c3n[nH]c(=O)c4c(F)ccc(F)c34)cc2[nH]1. The van der Waals surface area contributed by atoms with Gasteiger partial charge in [0.2, 0.25) is 5.95 Å². The molecule has 2 aromatic heterocycles. The van der Waals surface area contributed by atoms with Crippen LogP contribution in [0.2, 0.25) is 0 Å². The molecule has 4 rings (SSSR count). The van der Waals surface area contributed by atoms with Gasteiger partial charge in [-0.15, -0.1) is 0 Å². The molecule has 2 aromatic carbocycles. The Morgan fingerprint density at radius 2 is 1.83 bits per heavy atom. The van der Waals surface area contributed by atoms with Gasteiger partial charge in [0.1, 0.15) is 17.3 Å². The number of imidazole rings is 1. The number of amides is 1. The van der Waals surface area contributed by atoms with Crippen LogP contribution < -0.4 is 10.5 Å². The highest BCUT2D eigenvalue weighted by atomic mass is 19.1. The minimum absolute atomic E-state index is 0.0496. The van der Waals surface area contributed by atoms with Gasteiger partial charge in [0.25, 0.3) is 5.56 Å². The third-order valence-electron chi connectivity index (χ3n) is 4.53. The van der Waals surface area contributed by atoms with Crippen LogP contribution in [0.25, 0.3) is 33.1 Å². The Hall–Kier alpha value is -3.82. The fraction of sp³-hybridized carbons (Fsp3) is 0.158. The van der Waals surface area contributed by atoms with Gasteiger partial charge in [0.05, 0.1) is 21.8 Å². The molecule has 0 radical (unpaired) electrons. The summed E-state index contributed by atoms with van der Waals surface area (Å²) in [4.78, 5) is 31.7. The number of benzene rings is 2. The van der Waals surface area contributed by atoms with E-state index in [0.717, 1.165) is 17.0 Å². The quantitative estimate of drug-likeness (QED) is 0.487. The molecule has 4 aromatic rings. The first-order chi connectivity index (χ1) is 13.8. The molecule has 0 saturated heterocycles. The van der Waals surface area contributed by atoms with Gasteiger partial charge in [-0.05, 0) is 38.1 Å². The summed E-state index contributed by atoms with van der Waals surface area (Å²) < 4.78 is 28.6. The van der Waals surface area contributed by atoms with Crippen molar-refractivity contribution in [2.24, 2.45) is 0 Å². The summed E-state index contributed by atoms with van der Waals surface area (Å²) in [6, 6.07) is 6.22. The monoisotopic (exact) mass is 399 g/mol. The van der Waals surface area contributed by atoms with E-state index in [1.807, 2.05) is 0 Å². The fourth-order valence-electron chi connectivity index (χ4n) is 3.25. The first-order valence-corrected chi connectivity index (χ1v) is 8.66. The molecule has 0 spiro atoms. The minimum atomic E-state index is -1.16. The Morgan fingerprint density at radius 1 is 1.14 bits per heavy atom. The lowest BCUT2D eigenvalue weighted by Gasteiger charge is -2.19. The number of anilines is 1. The van der Waals surface area contributed by atoms with Crippen LogP contribution in [-0.4, -0.2) is 37.4 Å². The predicted molar refractivity (Wildman–Crippen MR) is 103 cm³/mol. The molecule has 0 atom stereocenters. The lowest BCUT2D eigenvalue weighted by Crippen LogP contribution is -2.36.